The normalized spacial score (nSPS) is 35.4. The van der Waals surface area contributed by atoms with Crippen molar-refractivity contribution in [1.29, 1.82) is 0 Å². The summed E-state index contributed by atoms with van der Waals surface area (Å²) in [5.41, 5.74) is 0. The molecule has 5 nitrogen and oxygen atoms in total. The Labute approximate surface area is 114 Å². The number of nitrogens with zero attached hydrogens (tertiary/aromatic N) is 1. The van der Waals surface area contributed by atoms with Crippen molar-refractivity contribution in [2.24, 2.45) is 11.8 Å². The van der Waals surface area contributed by atoms with Crippen LogP contribution in [0.3, 0.4) is 0 Å². The maximum atomic E-state index is 12.1. The standard InChI is InChI=1S/C14H23NO4/c1-2-10-3-6-15(7-4-10)14(16)19-12-9-18-13-11(12)5-8-17-13/h10-13H,2-9H2,1H3. The van der Waals surface area contributed by atoms with Crippen molar-refractivity contribution >= 4 is 6.09 Å². The van der Waals surface area contributed by atoms with E-state index in [0.29, 0.717) is 13.2 Å². The van der Waals surface area contributed by atoms with Gasteiger partial charge in [0, 0.05) is 13.1 Å². The minimum atomic E-state index is -0.171. The van der Waals surface area contributed by atoms with Gasteiger partial charge in [0.05, 0.1) is 19.1 Å². The molecular formula is C14H23NO4. The van der Waals surface area contributed by atoms with Crippen LogP contribution in [-0.2, 0) is 14.2 Å². The van der Waals surface area contributed by atoms with Gasteiger partial charge in [-0.2, -0.15) is 0 Å². The lowest BCUT2D eigenvalue weighted by molar-refractivity contribution is -0.0907. The summed E-state index contributed by atoms with van der Waals surface area (Å²) < 4.78 is 16.5. The highest BCUT2D eigenvalue weighted by molar-refractivity contribution is 5.68. The van der Waals surface area contributed by atoms with Gasteiger partial charge in [-0.3, -0.25) is 0 Å². The molecule has 0 aliphatic carbocycles. The van der Waals surface area contributed by atoms with Crippen molar-refractivity contribution < 1.29 is 19.0 Å². The summed E-state index contributed by atoms with van der Waals surface area (Å²) in [5, 5.41) is 0. The zero-order valence-corrected chi connectivity index (χ0v) is 11.5. The van der Waals surface area contributed by atoms with Gasteiger partial charge in [0.25, 0.3) is 0 Å². The smallest absolute Gasteiger partial charge is 0.410 e. The molecule has 1 amide bonds. The Hall–Kier alpha value is -0.810. The third kappa shape index (κ3) is 2.72. The van der Waals surface area contributed by atoms with E-state index in [2.05, 4.69) is 6.92 Å². The minimum absolute atomic E-state index is 0.121. The lowest BCUT2D eigenvalue weighted by atomic mass is 9.95. The molecule has 3 fully saturated rings. The molecular weight excluding hydrogens is 246 g/mol. The Kier molecular flexibility index (Phi) is 3.93. The van der Waals surface area contributed by atoms with Crippen molar-refractivity contribution in [3.63, 3.8) is 0 Å². The summed E-state index contributed by atoms with van der Waals surface area (Å²) in [5.74, 6) is 1.00. The van der Waals surface area contributed by atoms with Gasteiger partial charge in [0.15, 0.2) is 6.29 Å². The van der Waals surface area contributed by atoms with Crippen LogP contribution in [0.15, 0.2) is 0 Å². The Morgan fingerprint density at radius 2 is 2.05 bits per heavy atom. The third-order valence-electron chi connectivity index (χ3n) is 4.69. The van der Waals surface area contributed by atoms with Gasteiger partial charge in [-0.05, 0) is 25.2 Å². The van der Waals surface area contributed by atoms with E-state index in [1.54, 1.807) is 0 Å². The molecule has 3 saturated heterocycles. The maximum Gasteiger partial charge on any atom is 0.410 e. The Morgan fingerprint density at radius 1 is 1.26 bits per heavy atom. The predicted octanol–water partition coefficient (Wildman–Crippen LogP) is 2.01. The number of rotatable bonds is 2. The molecule has 0 aromatic rings. The number of ether oxygens (including phenoxy) is 3. The molecule has 5 heteroatoms. The second-order valence-corrected chi connectivity index (χ2v) is 5.79. The van der Waals surface area contributed by atoms with E-state index >= 15 is 0 Å². The van der Waals surface area contributed by atoms with Crippen molar-refractivity contribution in [1.82, 2.24) is 4.90 Å². The molecule has 3 atom stereocenters. The van der Waals surface area contributed by atoms with Crippen molar-refractivity contribution in [2.75, 3.05) is 26.3 Å². The summed E-state index contributed by atoms with van der Waals surface area (Å²) in [6, 6.07) is 0. The lowest BCUT2D eigenvalue weighted by Crippen LogP contribution is -2.41. The minimum Gasteiger partial charge on any atom is -0.443 e. The molecule has 19 heavy (non-hydrogen) atoms. The molecule has 3 aliphatic heterocycles. The van der Waals surface area contributed by atoms with E-state index in [4.69, 9.17) is 14.2 Å². The number of piperidine rings is 1. The first-order valence-corrected chi connectivity index (χ1v) is 7.46. The van der Waals surface area contributed by atoms with E-state index < -0.39 is 0 Å². The van der Waals surface area contributed by atoms with Gasteiger partial charge in [-0.15, -0.1) is 0 Å². The second kappa shape index (κ2) is 5.67. The summed E-state index contributed by atoms with van der Waals surface area (Å²) in [7, 11) is 0. The first-order chi connectivity index (χ1) is 9.28. The molecule has 0 aromatic heterocycles. The molecule has 0 saturated carbocycles. The zero-order chi connectivity index (χ0) is 13.2. The van der Waals surface area contributed by atoms with Crippen LogP contribution in [-0.4, -0.2) is 49.7 Å². The van der Waals surface area contributed by atoms with Crippen LogP contribution < -0.4 is 0 Å². The number of carbonyl (C=O) groups excluding carboxylic acids is 1. The average Bonchev–Trinajstić information content (AvgIpc) is 3.04. The van der Waals surface area contributed by atoms with Gasteiger partial charge in [0.2, 0.25) is 0 Å². The van der Waals surface area contributed by atoms with Crippen molar-refractivity contribution in [2.45, 2.75) is 45.0 Å². The topological polar surface area (TPSA) is 48.0 Å². The number of likely N-dealkylation sites (tertiary alicyclic amines) is 1. The van der Waals surface area contributed by atoms with E-state index in [0.717, 1.165) is 38.3 Å². The van der Waals surface area contributed by atoms with Crippen LogP contribution in [0.5, 0.6) is 0 Å². The summed E-state index contributed by atoms with van der Waals surface area (Å²) in [4.78, 5) is 14.0. The number of amides is 1. The van der Waals surface area contributed by atoms with Crippen LogP contribution in [0.2, 0.25) is 0 Å². The van der Waals surface area contributed by atoms with Crippen LogP contribution in [0.4, 0.5) is 4.79 Å². The van der Waals surface area contributed by atoms with Crippen LogP contribution >= 0.6 is 0 Å². The number of hydrogen-bond donors (Lipinski definition) is 0. The Bertz CT molecular complexity index is 327. The molecule has 3 rings (SSSR count). The highest BCUT2D eigenvalue weighted by Gasteiger charge is 2.44. The molecule has 3 unspecified atom stereocenters. The fourth-order valence-electron chi connectivity index (χ4n) is 3.28. The quantitative estimate of drug-likeness (QED) is 0.769. The summed E-state index contributed by atoms with van der Waals surface area (Å²) >= 11 is 0. The van der Waals surface area contributed by atoms with Crippen molar-refractivity contribution in [3.8, 4) is 0 Å². The van der Waals surface area contributed by atoms with Gasteiger partial charge >= 0.3 is 6.09 Å². The molecule has 0 aromatic carbocycles. The zero-order valence-electron chi connectivity index (χ0n) is 11.5. The lowest BCUT2D eigenvalue weighted by Gasteiger charge is -2.31. The maximum absolute atomic E-state index is 12.1. The molecule has 0 N–H and O–H groups in total. The largest absolute Gasteiger partial charge is 0.443 e. The monoisotopic (exact) mass is 269 g/mol. The van der Waals surface area contributed by atoms with E-state index in [1.165, 1.54) is 6.42 Å². The van der Waals surface area contributed by atoms with E-state index in [1.807, 2.05) is 4.90 Å². The molecule has 0 radical (unpaired) electrons. The summed E-state index contributed by atoms with van der Waals surface area (Å²) in [6.45, 7) is 5.07. The third-order valence-corrected chi connectivity index (χ3v) is 4.69. The van der Waals surface area contributed by atoms with Gasteiger partial charge < -0.3 is 19.1 Å². The average molecular weight is 269 g/mol. The molecule has 0 bridgehead atoms. The van der Waals surface area contributed by atoms with Crippen LogP contribution in [0.25, 0.3) is 0 Å². The fourth-order valence-corrected chi connectivity index (χ4v) is 3.28. The highest BCUT2D eigenvalue weighted by atomic mass is 16.7. The van der Waals surface area contributed by atoms with E-state index in [9.17, 15) is 4.79 Å². The molecule has 3 heterocycles. The molecule has 0 spiro atoms. The fraction of sp³-hybridized carbons (Fsp3) is 0.929. The van der Waals surface area contributed by atoms with Gasteiger partial charge in [0.1, 0.15) is 6.10 Å². The number of fused-ring (bicyclic) bond motifs is 1. The predicted molar refractivity (Wildman–Crippen MR) is 68.7 cm³/mol. The summed E-state index contributed by atoms with van der Waals surface area (Å²) in [6.07, 6.45) is 3.90. The highest BCUT2D eigenvalue weighted by Crippen LogP contribution is 2.33. The Balaban J connectivity index is 1.49. The van der Waals surface area contributed by atoms with Gasteiger partial charge in [-0.1, -0.05) is 13.3 Å². The molecule has 108 valence electrons. The number of carbonyl (C=O) groups is 1. The van der Waals surface area contributed by atoms with Gasteiger partial charge in [-0.25, -0.2) is 4.79 Å². The van der Waals surface area contributed by atoms with E-state index in [-0.39, 0.29) is 24.4 Å². The SMILES string of the molecule is CCC1CCN(C(=O)OC2COC3OCCC23)CC1. The second-order valence-electron chi connectivity index (χ2n) is 5.79. The number of hydrogen-bond acceptors (Lipinski definition) is 4. The van der Waals surface area contributed by atoms with Crippen LogP contribution in [0.1, 0.15) is 32.6 Å². The van der Waals surface area contributed by atoms with Crippen LogP contribution in [0, 0.1) is 11.8 Å². The van der Waals surface area contributed by atoms with Crippen molar-refractivity contribution in [3.05, 3.63) is 0 Å². The first kappa shape index (κ1) is 13.2. The Morgan fingerprint density at radius 3 is 2.79 bits per heavy atom. The first-order valence-electron chi connectivity index (χ1n) is 7.46. The molecule has 3 aliphatic rings.